The molecule has 41 heavy (non-hydrogen) atoms. The van der Waals surface area contributed by atoms with E-state index < -0.39 is 0 Å². The molecule has 2 unspecified atom stereocenters. The van der Waals surface area contributed by atoms with Crippen LogP contribution < -0.4 is 20.3 Å². The van der Waals surface area contributed by atoms with Gasteiger partial charge in [-0.1, -0.05) is 42.5 Å². The van der Waals surface area contributed by atoms with Crippen LogP contribution in [0.25, 0.3) is 11.3 Å². The van der Waals surface area contributed by atoms with Crippen LogP contribution in [0.2, 0.25) is 0 Å². The first-order valence-electron chi connectivity index (χ1n) is 12.9. The molecule has 0 saturated carbocycles. The highest BCUT2D eigenvalue weighted by atomic mass is 32.2. The molecule has 0 fully saturated rings. The van der Waals surface area contributed by atoms with Gasteiger partial charge >= 0.3 is 6.03 Å². The maximum atomic E-state index is 13.6. The number of fused-ring (bicyclic) bond motifs is 2. The van der Waals surface area contributed by atoms with Gasteiger partial charge in [0, 0.05) is 26.4 Å². The van der Waals surface area contributed by atoms with Gasteiger partial charge in [-0.2, -0.15) is 0 Å². The number of benzene rings is 3. The Bertz CT molecular complexity index is 1630. The van der Waals surface area contributed by atoms with Crippen LogP contribution >= 0.6 is 34.9 Å². The summed E-state index contributed by atoms with van der Waals surface area (Å²) < 4.78 is 5.21. The largest absolute Gasteiger partial charge is 0.497 e. The Morgan fingerprint density at radius 2 is 1.83 bits per heavy atom. The van der Waals surface area contributed by atoms with Crippen LogP contribution in [0.15, 0.2) is 112 Å². The van der Waals surface area contributed by atoms with Crippen molar-refractivity contribution in [3.63, 3.8) is 0 Å². The number of urea groups is 1. The van der Waals surface area contributed by atoms with Crippen molar-refractivity contribution in [3.8, 4) is 17.0 Å². The van der Waals surface area contributed by atoms with E-state index in [1.54, 1.807) is 18.9 Å². The molecule has 2 atom stereocenters. The van der Waals surface area contributed by atoms with Crippen molar-refractivity contribution in [3.05, 3.63) is 102 Å². The lowest BCUT2D eigenvalue weighted by Gasteiger charge is -2.40. The number of anilines is 3. The number of hydrogen-bond donors (Lipinski definition) is 2. The van der Waals surface area contributed by atoms with Crippen molar-refractivity contribution < 1.29 is 14.3 Å². The lowest BCUT2D eigenvalue weighted by atomic mass is 10.1. The van der Waals surface area contributed by atoms with E-state index in [1.807, 2.05) is 89.2 Å². The minimum atomic E-state index is -0.191. The van der Waals surface area contributed by atoms with Gasteiger partial charge in [0.2, 0.25) is 5.91 Å². The summed E-state index contributed by atoms with van der Waals surface area (Å²) in [7, 11) is 1.63. The van der Waals surface area contributed by atoms with Crippen LogP contribution in [-0.2, 0) is 4.79 Å². The molecule has 2 aliphatic rings. The first-order valence-corrected chi connectivity index (χ1v) is 15.7. The molecule has 10 heteroatoms. The fourth-order valence-corrected chi connectivity index (χ4v) is 7.35. The molecule has 3 amide bonds. The van der Waals surface area contributed by atoms with Crippen LogP contribution in [0.3, 0.4) is 0 Å². The third-order valence-electron chi connectivity index (χ3n) is 6.55. The molecule has 0 spiro atoms. The summed E-state index contributed by atoms with van der Waals surface area (Å²) in [5, 5.41) is 8.57. The van der Waals surface area contributed by atoms with Crippen molar-refractivity contribution in [2.45, 2.75) is 21.1 Å². The summed E-state index contributed by atoms with van der Waals surface area (Å²) >= 11 is 4.56. The van der Waals surface area contributed by atoms with Gasteiger partial charge in [-0.15, -0.1) is 34.9 Å². The second-order valence-electron chi connectivity index (χ2n) is 9.24. The standard InChI is InChI=1S/C31H26N4O3S3/c1-38-22-15-13-20(14-16-22)24-18-40-30(33-24)34-29(36)19-39-23-8-6-7-21(17-23)32-31(37)35-25-9-2-4-11-27(25)41-28-12-5-3-10-26(28)35/h2-18,25,27H,19H2,1H3,(H,32,37)(H,33,34,36). The molecule has 3 aromatic carbocycles. The molecule has 0 saturated heterocycles. The van der Waals surface area contributed by atoms with Gasteiger partial charge in [-0.3, -0.25) is 9.69 Å². The third kappa shape index (κ3) is 6.19. The number of methoxy groups -OCH3 is 1. The second-order valence-corrected chi connectivity index (χ2v) is 12.4. The Labute approximate surface area is 250 Å². The van der Waals surface area contributed by atoms with E-state index >= 15 is 0 Å². The van der Waals surface area contributed by atoms with Crippen molar-refractivity contribution in [1.82, 2.24) is 4.98 Å². The highest BCUT2D eigenvalue weighted by Crippen LogP contribution is 2.43. The monoisotopic (exact) mass is 598 g/mol. The Kier molecular flexibility index (Phi) is 8.13. The van der Waals surface area contributed by atoms with E-state index in [4.69, 9.17) is 4.74 Å². The van der Waals surface area contributed by atoms with Gasteiger partial charge in [0.1, 0.15) is 5.75 Å². The minimum Gasteiger partial charge on any atom is -0.497 e. The van der Waals surface area contributed by atoms with E-state index in [0.29, 0.717) is 10.8 Å². The fourth-order valence-electron chi connectivity index (χ4n) is 4.60. The Balaban J connectivity index is 1.07. The van der Waals surface area contributed by atoms with Gasteiger partial charge in [-0.25, -0.2) is 9.78 Å². The highest BCUT2D eigenvalue weighted by molar-refractivity contribution is 8.00. The minimum absolute atomic E-state index is 0.0720. The van der Waals surface area contributed by atoms with Gasteiger partial charge in [0.15, 0.2) is 5.13 Å². The predicted molar refractivity (Wildman–Crippen MR) is 170 cm³/mol. The number of carbonyl (C=O) groups excluding carboxylic acids is 2. The molecule has 0 bridgehead atoms. The number of nitrogens with one attached hydrogen (secondary N) is 2. The lowest BCUT2D eigenvalue weighted by molar-refractivity contribution is -0.113. The topological polar surface area (TPSA) is 83.6 Å². The summed E-state index contributed by atoms with van der Waals surface area (Å²) in [6, 6.07) is 22.9. The van der Waals surface area contributed by atoms with E-state index in [9.17, 15) is 9.59 Å². The molecule has 6 rings (SSSR count). The van der Waals surface area contributed by atoms with E-state index in [1.165, 1.54) is 23.1 Å². The number of ether oxygens (including phenoxy) is 1. The molecular weight excluding hydrogens is 573 g/mol. The normalized spacial score (nSPS) is 17.0. The molecule has 2 N–H and O–H groups in total. The second kappa shape index (κ2) is 12.3. The van der Waals surface area contributed by atoms with Crippen LogP contribution in [0, 0.1) is 0 Å². The van der Waals surface area contributed by atoms with Crippen LogP contribution in [0.4, 0.5) is 21.3 Å². The fraction of sp³-hybridized carbons (Fsp3) is 0.129. The summed E-state index contributed by atoms with van der Waals surface area (Å²) in [6.07, 6.45) is 8.23. The Morgan fingerprint density at radius 3 is 2.68 bits per heavy atom. The number of allylic oxidation sites excluding steroid dienone is 2. The van der Waals surface area contributed by atoms with Gasteiger partial charge in [0.05, 0.1) is 35.5 Å². The first-order chi connectivity index (χ1) is 20.1. The molecular formula is C31H26N4O3S3. The highest BCUT2D eigenvalue weighted by Gasteiger charge is 2.36. The molecule has 0 radical (unpaired) electrons. The van der Waals surface area contributed by atoms with Crippen molar-refractivity contribution in [2.24, 2.45) is 0 Å². The third-order valence-corrected chi connectivity index (χ3v) is 9.61. The molecule has 1 aliphatic heterocycles. The van der Waals surface area contributed by atoms with Gasteiger partial charge in [0.25, 0.3) is 0 Å². The lowest BCUT2D eigenvalue weighted by Crippen LogP contribution is -2.49. The number of hydrogen-bond acceptors (Lipinski definition) is 7. The SMILES string of the molecule is COc1ccc(-c2csc(NC(=O)CSc3cccc(NC(=O)N4c5ccccc5SC5C=CC=CC54)c3)n2)cc1. The van der Waals surface area contributed by atoms with Gasteiger partial charge in [-0.05, 0) is 54.6 Å². The molecule has 7 nitrogen and oxygen atoms in total. The quantitative estimate of drug-likeness (QED) is 0.214. The Hall–Kier alpha value is -3.99. The summed E-state index contributed by atoms with van der Waals surface area (Å²) in [4.78, 5) is 34.6. The van der Waals surface area contributed by atoms with E-state index in [2.05, 4.69) is 33.8 Å². The zero-order valence-corrected chi connectivity index (χ0v) is 24.5. The Morgan fingerprint density at radius 1 is 1.00 bits per heavy atom. The van der Waals surface area contributed by atoms with Crippen molar-refractivity contribution in [2.75, 3.05) is 28.4 Å². The molecule has 4 aromatic rings. The average Bonchev–Trinajstić information content (AvgIpc) is 3.47. The zero-order chi connectivity index (χ0) is 28.2. The molecule has 1 aliphatic carbocycles. The van der Waals surface area contributed by atoms with E-state index in [0.717, 1.165) is 32.5 Å². The number of aromatic nitrogens is 1. The number of thiazole rings is 1. The maximum Gasteiger partial charge on any atom is 0.326 e. The van der Waals surface area contributed by atoms with E-state index in [-0.39, 0.29) is 29.0 Å². The molecule has 206 valence electrons. The number of amides is 3. The molecule has 1 aromatic heterocycles. The van der Waals surface area contributed by atoms with Gasteiger partial charge < -0.3 is 15.4 Å². The van der Waals surface area contributed by atoms with Crippen LogP contribution in [0.1, 0.15) is 0 Å². The van der Waals surface area contributed by atoms with Crippen LogP contribution in [-0.4, -0.2) is 41.1 Å². The van der Waals surface area contributed by atoms with Crippen LogP contribution in [0.5, 0.6) is 5.75 Å². The smallest absolute Gasteiger partial charge is 0.326 e. The zero-order valence-electron chi connectivity index (χ0n) is 22.0. The number of thioether (sulfide) groups is 2. The van der Waals surface area contributed by atoms with Crippen molar-refractivity contribution >= 4 is 63.3 Å². The molecule has 2 heterocycles. The van der Waals surface area contributed by atoms with Crippen molar-refractivity contribution in [1.29, 1.82) is 0 Å². The predicted octanol–water partition coefficient (Wildman–Crippen LogP) is 7.56. The number of rotatable bonds is 7. The average molecular weight is 599 g/mol. The summed E-state index contributed by atoms with van der Waals surface area (Å²) in [5.74, 6) is 0.846. The number of para-hydroxylation sites is 1. The number of carbonyl (C=O) groups is 2. The maximum absolute atomic E-state index is 13.6. The first kappa shape index (κ1) is 27.2. The number of nitrogens with zero attached hydrogens (tertiary/aromatic N) is 2. The summed E-state index contributed by atoms with van der Waals surface area (Å²) in [5.41, 5.74) is 3.32. The summed E-state index contributed by atoms with van der Waals surface area (Å²) in [6.45, 7) is 0.